The number of carbonyl (C=O) groups is 2. The Labute approximate surface area is 199 Å². The number of piperazine rings is 1. The minimum absolute atomic E-state index is 0.143. The van der Waals surface area contributed by atoms with E-state index in [2.05, 4.69) is 20.7 Å². The molecule has 0 bridgehead atoms. The zero-order valence-electron chi connectivity index (χ0n) is 19.4. The fraction of sp³-hybridized carbons (Fsp3) is 0.375. The Kier molecular flexibility index (Phi) is 7.61. The Bertz CT molecular complexity index is 1060. The molecule has 0 atom stereocenters. The lowest BCUT2D eigenvalue weighted by molar-refractivity contribution is 0.0664. The molecule has 0 saturated carbocycles. The SMILES string of the molecule is C/C(=N\O)c1cccc(C(C)(C)NC(=O)Nc2ccc(Cl)c(C(=O)N3CCN(C)CC3)c2)c1. The number of urea groups is 1. The van der Waals surface area contributed by atoms with Gasteiger partial charge in [-0.15, -0.1) is 0 Å². The molecular weight excluding hydrogens is 442 g/mol. The van der Waals surface area contributed by atoms with Crippen molar-refractivity contribution >= 4 is 34.9 Å². The number of benzene rings is 2. The molecule has 0 aliphatic carbocycles. The lowest BCUT2D eigenvalue weighted by Crippen LogP contribution is -2.47. The molecule has 2 aromatic rings. The summed E-state index contributed by atoms with van der Waals surface area (Å²) in [5.41, 5.74) is 2.22. The monoisotopic (exact) mass is 471 g/mol. The summed E-state index contributed by atoms with van der Waals surface area (Å²) in [4.78, 5) is 29.7. The molecule has 0 unspecified atom stereocenters. The molecule has 0 radical (unpaired) electrons. The molecule has 9 heteroatoms. The Morgan fingerprint density at radius 2 is 1.79 bits per heavy atom. The van der Waals surface area contributed by atoms with E-state index in [9.17, 15) is 9.59 Å². The van der Waals surface area contributed by atoms with Crippen LogP contribution in [0.15, 0.2) is 47.6 Å². The molecule has 1 aliphatic heterocycles. The maximum Gasteiger partial charge on any atom is 0.319 e. The highest BCUT2D eigenvalue weighted by Crippen LogP contribution is 2.24. The minimum Gasteiger partial charge on any atom is -0.411 e. The quantitative estimate of drug-likeness (QED) is 0.349. The van der Waals surface area contributed by atoms with Crippen molar-refractivity contribution in [1.82, 2.24) is 15.1 Å². The molecular formula is C24H30ClN5O3. The van der Waals surface area contributed by atoms with E-state index < -0.39 is 11.6 Å². The van der Waals surface area contributed by atoms with Crippen LogP contribution < -0.4 is 10.6 Å². The van der Waals surface area contributed by atoms with Gasteiger partial charge in [0.25, 0.3) is 5.91 Å². The lowest BCUT2D eigenvalue weighted by Gasteiger charge is -2.32. The molecule has 1 fully saturated rings. The lowest BCUT2D eigenvalue weighted by atomic mass is 9.92. The molecule has 0 spiro atoms. The topological polar surface area (TPSA) is 97.3 Å². The van der Waals surface area contributed by atoms with Crippen LogP contribution in [-0.4, -0.2) is 65.9 Å². The predicted molar refractivity (Wildman–Crippen MR) is 130 cm³/mol. The first-order chi connectivity index (χ1) is 15.6. The third-order valence-electron chi connectivity index (χ3n) is 5.82. The molecule has 2 aromatic carbocycles. The molecule has 3 amide bonds. The Morgan fingerprint density at radius 3 is 2.45 bits per heavy atom. The highest BCUT2D eigenvalue weighted by Gasteiger charge is 2.25. The van der Waals surface area contributed by atoms with E-state index in [-0.39, 0.29) is 5.91 Å². The largest absolute Gasteiger partial charge is 0.411 e. The van der Waals surface area contributed by atoms with Crippen LogP contribution >= 0.6 is 11.6 Å². The highest BCUT2D eigenvalue weighted by molar-refractivity contribution is 6.34. The maximum absolute atomic E-state index is 13.0. The number of hydrogen-bond acceptors (Lipinski definition) is 5. The first-order valence-electron chi connectivity index (χ1n) is 10.8. The van der Waals surface area contributed by atoms with Crippen molar-refractivity contribution in [1.29, 1.82) is 0 Å². The summed E-state index contributed by atoms with van der Waals surface area (Å²) < 4.78 is 0. The second-order valence-corrected chi connectivity index (χ2v) is 9.17. The molecule has 1 saturated heterocycles. The van der Waals surface area contributed by atoms with Crippen LogP contribution in [0.25, 0.3) is 0 Å². The highest BCUT2D eigenvalue weighted by atomic mass is 35.5. The zero-order chi connectivity index (χ0) is 24.2. The number of rotatable bonds is 5. The van der Waals surface area contributed by atoms with Crippen molar-refractivity contribution in [3.05, 3.63) is 64.2 Å². The van der Waals surface area contributed by atoms with Gasteiger partial charge in [0.1, 0.15) is 0 Å². The molecule has 3 rings (SSSR count). The molecule has 176 valence electrons. The molecule has 0 aromatic heterocycles. The van der Waals surface area contributed by atoms with Gasteiger partial charge in [0, 0.05) is 31.9 Å². The van der Waals surface area contributed by atoms with Crippen molar-refractivity contribution in [3.63, 3.8) is 0 Å². The van der Waals surface area contributed by atoms with Crippen molar-refractivity contribution < 1.29 is 14.8 Å². The van der Waals surface area contributed by atoms with Crippen molar-refractivity contribution in [2.24, 2.45) is 5.16 Å². The number of likely N-dealkylation sites (N-methyl/N-ethyl adjacent to an activating group) is 1. The van der Waals surface area contributed by atoms with E-state index in [1.54, 1.807) is 30.0 Å². The van der Waals surface area contributed by atoms with Gasteiger partial charge >= 0.3 is 6.03 Å². The van der Waals surface area contributed by atoms with Gasteiger partial charge in [-0.2, -0.15) is 0 Å². The number of anilines is 1. The maximum atomic E-state index is 13.0. The Hall–Kier alpha value is -3.10. The first kappa shape index (κ1) is 24.5. The standard InChI is InChI=1S/C24H30ClN5O3/c1-16(28-33)17-6-5-7-18(14-17)24(2,3)27-23(32)26-19-8-9-21(25)20(15-19)22(31)30-12-10-29(4)11-13-30/h5-9,14-15,33H,10-13H2,1-4H3,(H2,26,27,32)/b28-16+. The molecule has 8 nitrogen and oxygen atoms in total. The van der Waals surface area contributed by atoms with Gasteiger partial charge in [-0.3, -0.25) is 4.79 Å². The summed E-state index contributed by atoms with van der Waals surface area (Å²) in [5.74, 6) is -0.143. The van der Waals surface area contributed by atoms with Crippen LogP contribution in [0, 0.1) is 0 Å². The second-order valence-electron chi connectivity index (χ2n) is 8.76. The van der Waals surface area contributed by atoms with E-state index >= 15 is 0 Å². The average molecular weight is 472 g/mol. The van der Waals surface area contributed by atoms with E-state index in [0.29, 0.717) is 35.1 Å². The molecule has 3 N–H and O–H groups in total. The summed E-state index contributed by atoms with van der Waals surface area (Å²) in [5, 5.41) is 18.4. The van der Waals surface area contributed by atoms with Crippen LogP contribution in [-0.2, 0) is 5.54 Å². The fourth-order valence-corrected chi connectivity index (χ4v) is 3.85. The first-order valence-corrected chi connectivity index (χ1v) is 11.1. The smallest absolute Gasteiger partial charge is 0.319 e. The van der Waals surface area contributed by atoms with Crippen LogP contribution in [0.5, 0.6) is 0 Å². The number of carbonyl (C=O) groups excluding carboxylic acids is 2. The van der Waals surface area contributed by atoms with Crippen molar-refractivity contribution in [2.75, 3.05) is 38.5 Å². The van der Waals surface area contributed by atoms with Gasteiger partial charge in [-0.05, 0) is 63.2 Å². The van der Waals surface area contributed by atoms with E-state index in [4.69, 9.17) is 16.8 Å². The van der Waals surface area contributed by atoms with Gasteiger partial charge < -0.3 is 25.6 Å². The van der Waals surface area contributed by atoms with Crippen LogP contribution in [0.4, 0.5) is 10.5 Å². The van der Waals surface area contributed by atoms with E-state index in [0.717, 1.165) is 24.2 Å². The number of nitrogens with zero attached hydrogens (tertiary/aromatic N) is 3. The average Bonchev–Trinajstić information content (AvgIpc) is 2.79. The summed E-state index contributed by atoms with van der Waals surface area (Å²) in [7, 11) is 2.02. The van der Waals surface area contributed by atoms with Gasteiger partial charge in [-0.25, -0.2) is 4.79 Å². The van der Waals surface area contributed by atoms with Gasteiger partial charge in [0.2, 0.25) is 0 Å². The fourth-order valence-electron chi connectivity index (χ4n) is 3.66. The minimum atomic E-state index is -0.708. The van der Waals surface area contributed by atoms with Crippen molar-refractivity contribution in [2.45, 2.75) is 26.3 Å². The van der Waals surface area contributed by atoms with Gasteiger partial charge in [-0.1, -0.05) is 35.0 Å². The number of amides is 3. The number of nitrogens with one attached hydrogen (secondary N) is 2. The Morgan fingerprint density at radius 1 is 1.09 bits per heavy atom. The molecule has 33 heavy (non-hydrogen) atoms. The third kappa shape index (κ3) is 6.03. The van der Waals surface area contributed by atoms with Gasteiger partial charge in [0.05, 0.1) is 21.8 Å². The van der Waals surface area contributed by atoms with E-state index in [1.807, 2.05) is 45.2 Å². The molecule has 1 heterocycles. The number of oxime groups is 1. The Balaban J connectivity index is 1.71. The zero-order valence-corrected chi connectivity index (χ0v) is 20.1. The summed E-state index contributed by atoms with van der Waals surface area (Å²) in [6.07, 6.45) is 0. The number of hydrogen-bond donors (Lipinski definition) is 3. The van der Waals surface area contributed by atoms with Crippen molar-refractivity contribution in [3.8, 4) is 0 Å². The summed E-state index contributed by atoms with van der Waals surface area (Å²) in [6, 6.07) is 11.9. The third-order valence-corrected chi connectivity index (χ3v) is 6.15. The molecule has 1 aliphatic rings. The van der Waals surface area contributed by atoms with Crippen LogP contribution in [0.2, 0.25) is 5.02 Å². The van der Waals surface area contributed by atoms with Gasteiger partial charge in [0.15, 0.2) is 0 Å². The normalized spacial score (nSPS) is 15.3. The predicted octanol–water partition coefficient (Wildman–Crippen LogP) is 3.98. The number of halogens is 1. The second kappa shape index (κ2) is 10.2. The summed E-state index contributed by atoms with van der Waals surface area (Å²) in [6.45, 7) is 8.35. The van der Waals surface area contributed by atoms with Crippen LogP contribution in [0.3, 0.4) is 0 Å². The van der Waals surface area contributed by atoms with E-state index in [1.165, 1.54) is 0 Å². The summed E-state index contributed by atoms with van der Waals surface area (Å²) >= 11 is 6.30. The van der Waals surface area contributed by atoms with Crippen LogP contribution in [0.1, 0.15) is 42.3 Å².